The van der Waals surface area contributed by atoms with Crippen LogP contribution in [0.25, 0.3) is 5.69 Å². The monoisotopic (exact) mass is 392 g/mol. The number of nitrogens with one attached hydrogen (secondary N) is 2. The number of nitrogens with two attached hydrogens (primary N) is 2. The molecule has 9 nitrogen and oxygen atoms in total. The second-order valence-corrected chi connectivity index (χ2v) is 7.15. The van der Waals surface area contributed by atoms with Crippen molar-refractivity contribution < 1.29 is 4.79 Å². The van der Waals surface area contributed by atoms with Crippen LogP contribution in [0, 0.1) is 0 Å². The SMILES string of the molecule is NC(=O)c1cnc(N[C@@H]2CCCC[C@@H]2N)nc1Nc1cnn(-c2ccccc2)c1. The minimum Gasteiger partial charge on any atom is -0.365 e. The summed E-state index contributed by atoms with van der Waals surface area (Å²) in [4.78, 5) is 20.6. The van der Waals surface area contributed by atoms with Gasteiger partial charge in [-0.2, -0.15) is 10.1 Å². The molecule has 4 rings (SSSR count). The standard InChI is InChI=1S/C20H24N8O/c21-16-8-4-5-9-17(16)26-20-23-11-15(18(22)29)19(27-20)25-13-10-24-28(12-13)14-6-2-1-3-7-14/h1-3,6-7,10-12,16-17H,4-5,8-9,21H2,(H2,22,29)(H2,23,25,26,27)/t16-,17+/m0/s1. The maximum Gasteiger partial charge on any atom is 0.254 e. The third-order valence-corrected chi connectivity index (χ3v) is 5.05. The number of hydrogen-bond acceptors (Lipinski definition) is 7. The van der Waals surface area contributed by atoms with Gasteiger partial charge in [0.05, 0.1) is 23.8 Å². The van der Waals surface area contributed by atoms with Crippen molar-refractivity contribution >= 4 is 23.4 Å². The molecule has 1 saturated carbocycles. The van der Waals surface area contributed by atoms with Crippen molar-refractivity contribution in [3.8, 4) is 5.69 Å². The molecule has 0 bridgehead atoms. The average molecular weight is 392 g/mol. The van der Waals surface area contributed by atoms with Gasteiger partial charge in [-0.15, -0.1) is 0 Å². The maximum absolute atomic E-state index is 11.8. The Morgan fingerprint density at radius 2 is 1.93 bits per heavy atom. The smallest absolute Gasteiger partial charge is 0.254 e. The normalized spacial score (nSPS) is 18.9. The summed E-state index contributed by atoms with van der Waals surface area (Å²) in [7, 11) is 0. The lowest BCUT2D eigenvalue weighted by molar-refractivity contribution is 0.100. The van der Waals surface area contributed by atoms with E-state index < -0.39 is 5.91 Å². The average Bonchev–Trinajstić information content (AvgIpc) is 3.19. The van der Waals surface area contributed by atoms with Crippen molar-refractivity contribution in [3.63, 3.8) is 0 Å². The number of hydrogen-bond donors (Lipinski definition) is 4. The molecular weight excluding hydrogens is 368 g/mol. The van der Waals surface area contributed by atoms with Gasteiger partial charge in [0.15, 0.2) is 0 Å². The molecule has 6 N–H and O–H groups in total. The number of carbonyl (C=O) groups is 1. The molecule has 1 fully saturated rings. The summed E-state index contributed by atoms with van der Waals surface area (Å²) in [5.74, 6) is 0.131. The maximum atomic E-state index is 11.8. The van der Waals surface area contributed by atoms with Gasteiger partial charge in [-0.05, 0) is 25.0 Å². The summed E-state index contributed by atoms with van der Waals surface area (Å²) >= 11 is 0. The number of aromatic nitrogens is 4. The molecule has 1 aliphatic carbocycles. The van der Waals surface area contributed by atoms with Gasteiger partial charge in [0.1, 0.15) is 11.4 Å². The summed E-state index contributed by atoms with van der Waals surface area (Å²) in [5.41, 5.74) is 13.5. The predicted molar refractivity (Wildman–Crippen MR) is 111 cm³/mol. The first-order valence-electron chi connectivity index (χ1n) is 9.66. The number of primary amides is 1. The molecule has 29 heavy (non-hydrogen) atoms. The lowest BCUT2D eigenvalue weighted by Gasteiger charge is -2.29. The van der Waals surface area contributed by atoms with E-state index in [9.17, 15) is 4.79 Å². The summed E-state index contributed by atoms with van der Waals surface area (Å²) in [6.45, 7) is 0. The Labute approximate surface area is 168 Å². The molecule has 150 valence electrons. The Balaban J connectivity index is 1.57. The molecular formula is C20H24N8O. The van der Waals surface area contributed by atoms with Crippen LogP contribution in [0.3, 0.4) is 0 Å². The van der Waals surface area contributed by atoms with Crippen molar-refractivity contribution in [2.75, 3.05) is 10.6 Å². The van der Waals surface area contributed by atoms with Crippen molar-refractivity contribution in [1.82, 2.24) is 19.7 Å². The molecule has 0 spiro atoms. The van der Waals surface area contributed by atoms with Crippen molar-refractivity contribution in [3.05, 3.63) is 54.5 Å². The third-order valence-electron chi connectivity index (χ3n) is 5.05. The summed E-state index contributed by atoms with van der Waals surface area (Å²) in [5, 5.41) is 10.8. The lowest BCUT2D eigenvalue weighted by atomic mass is 9.91. The Morgan fingerprint density at radius 3 is 2.69 bits per heavy atom. The largest absolute Gasteiger partial charge is 0.365 e. The van der Waals surface area contributed by atoms with Crippen molar-refractivity contribution in [2.45, 2.75) is 37.8 Å². The van der Waals surface area contributed by atoms with E-state index in [4.69, 9.17) is 11.5 Å². The fraction of sp³-hybridized carbons (Fsp3) is 0.300. The zero-order valence-electron chi connectivity index (χ0n) is 16.0. The van der Waals surface area contributed by atoms with Gasteiger partial charge in [-0.1, -0.05) is 31.0 Å². The molecule has 1 aliphatic rings. The molecule has 1 amide bonds. The fourth-order valence-corrected chi connectivity index (χ4v) is 3.48. The molecule has 0 aliphatic heterocycles. The fourth-order valence-electron chi connectivity index (χ4n) is 3.48. The van der Waals surface area contributed by atoms with Crippen LogP contribution >= 0.6 is 0 Å². The number of para-hydroxylation sites is 1. The van der Waals surface area contributed by atoms with E-state index in [-0.39, 0.29) is 17.6 Å². The highest BCUT2D eigenvalue weighted by Crippen LogP contribution is 2.23. The Hall–Kier alpha value is -3.46. The highest BCUT2D eigenvalue weighted by Gasteiger charge is 2.23. The molecule has 2 atom stereocenters. The second kappa shape index (κ2) is 8.27. The van der Waals surface area contributed by atoms with E-state index in [2.05, 4.69) is 25.7 Å². The van der Waals surface area contributed by atoms with Gasteiger partial charge in [0.2, 0.25) is 5.95 Å². The minimum atomic E-state index is -0.608. The van der Waals surface area contributed by atoms with Crippen LogP contribution in [0.1, 0.15) is 36.0 Å². The molecule has 0 unspecified atom stereocenters. The lowest BCUT2D eigenvalue weighted by Crippen LogP contribution is -2.43. The van der Waals surface area contributed by atoms with E-state index in [1.807, 2.05) is 36.5 Å². The van der Waals surface area contributed by atoms with Crippen LogP contribution in [-0.2, 0) is 0 Å². The van der Waals surface area contributed by atoms with Crippen molar-refractivity contribution in [2.24, 2.45) is 11.5 Å². The number of benzene rings is 1. The first-order chi connectivity index (χ1) is 14.1. The van der Waals surface area contributed by atoms with Crippen LogP contribution in [0.15, 0.2) is 48.9 Å². The molecule has 0 radical (unpaired) electrons. The highest BCUT2D eigenvalue weighted by molar-refractivity contribution is 5.98. The van der Waals surface area contributed by atoms with Crippen LogP contribution in [0.4, 0.5) is 17.5 Å². The molecule has 1 aromatic carbocycles. The van der Waals surface area contributed by atoms with E-state index in [1.54, 1.807) is 10.9 Å². The number of rotatable bonds is 6. The van der Waals surface area contributed by atoms with Gasteiger partial charge in [-0.3, -0.25) is 4.79 Å². The van der Waals surface area contributed by atoms with Crippen LogP contribution in [0.5, 0.6) is 0 Å². The van der Waals surface area contributed by atoms with Gasteiger partial charge in [0.25, 0.3) is 5.91 Å². The van der Waals surface area contributed by atoms with Gasteiger partial charge in [-0.25, -0.2) is 9.67 Å². The minimum absolute atomic E-state index is 0.0590. The Kier molecular flexibility index (Phi) is 5.39. The highest BCUT2D eigenvalue weighted by atomic mass is 16.1. The Bertz CT molecular complexity index is 987. The zero-order valence-corrected chi connectivity index (χ0v) is 16.0. The molecule has 2 heterocycles. The quantitative estimate of drug-likeness (QED) is 0.504. The number of anilines is 3. The predicted octanol–water partition coefficient (Wildman–Crippen LogP) is 2.19. The van der Waals surface area contributed by atoms with Gasteiger partial charge in [0, 0.05) is 18.3 Å². The van der Waals surface area contributed by atoms with Gasteiger partial charge < -0.3 is 22.1 Å². The van der Waals surface area contributed by atoms with E-state index in [1.165, 1.54) is 6.20 Å². The van der Waals surface area contributed by atoms with Crippen molar-refractivity contribution in [1.29, 1.82) is 0 Å². The van der Waals surface area contributed by atoms with Gasteiger partial charge >= 0.3 is 0 Å². The number of amides is 1. The first kappa shape index (κ1) is 18.9. The Morgan fingerprint density at radius 1 is 1.14 bits per heavy atom. The zero-order chi connectivity index (χ0) is 20.2. The molecule has 9 heteroatoms. The number of carbonyl (C=O) groups excluding carboxylic acids is 1. The summed E-state index contributed by atoms with van der Waals surface area (Å²) < 4.78 is 1.73. The van der Waals surface area contributed by atoms with E-state index in [0.717, 1.165) is 31.4 Å². The summed E-state index contributed by atoms with van der Waals surface area (Å²) in [6.07, 6.45) is 9.09. The van der Waals surface area contributed by atoms with E-state index >= 15 is 0 Å². The molecule has 3 aromatic rings. The van der Waals surface area contributed by atoms with Crippen LogP contribution in [-0.4, -0.2) is 37.7 Å². The molecule has 0 saturated heterocycles. The second-order valence-electron chi connectivity index (χ2n) is 7.15. The molecule has 2 aromatic heterocycles. The summed E-state index contributed by atoms with van der Waals surface area (Å²) in [6, 6.07) is 9.89. The first-order valence-corrected chi connectivity index (χ1v) is 9.66. The van der Waals surface area contributed by atoms with Crippen LogP contribution < -0.4 is 22.1 Å². The number of nitrogens with zero attached hydrogens (tertiary/aromatic N) is 4. The third kappa shape index (κ3) is 4.35. The van der Waals surface area contributed by atoms with E-state index in [0.29, 0.717) is 17.5 Å². The van der Waals surface area contributed by atoms with Crippen LogP contribution in [0.2, 0.25) is 0 Å². The topological polar surface area (TPSA) is 137 Å².